The lowest BCUT2D eigenvalue weighted by Gasteiger charge is -2.22. The lowest BCUT2D eigenvalue weighted by atomic mass is 9.98. The van der Waals surface area contributed by atoms with E-state index in [0.717, 1.165) is 34.2 Å². The van der Waals surface area contributed by atoms with Crippen molar-refractivity contribution in [3.8, 4) is 0 Å². The van der Waals surface area contributed by atoms with E-state index in [1.165, 1.54) is 5.38 Å². The van der Waals surface area contributed by atoms with Crippen molar-refractivity contribution < 1.29 is 18.0 Å². The third-order valence-electron chi connectivity index (χ3n) is 4.41. The Morgan fingerprint density at radius 3 is 2.69 bits per heavy atom. The predicted molar refractivity (Wildman–Crippen MR) is 95.1 cm³/mol. The molecule has 3 rings (SSSR count). The average Bonchev–Trinajstić information content (AvgIpc) is 3.24. The van der Waals surface area contributed by atoms with E-state index >= 15 is 0 Å². The van der Waals surface area contributed by atoms with Gasteiger partial charge in [-0.05, 0) is 18.1 Å². The molecule has 1 aromatic carbocycles. The molecule has 2 N–H and O–H groups in total. The fraction of sp³-hybridized carbons (Fsp3) is 0.333. The number of hydrogen-bond acceptors (Lipinski definition) is 3. The van der Waals surface area contributed by atoms with Gasteiger partial charge < -0.3 is 10.3 Å². The third-order valence-corrected chi connectivity index (χ3v) is 5.16. The topological polar surface area (TPSA) is 57.8 Å². The van der Waals surface area contributed by atoms with Crippen LogP contribution in [0.1, 0.15) is 48.1 Å². The quantitative estimate of drug-likeness (QED) is 0.641. The van der Waals surface area contributed by atoms with Gasteiger partial charge in [-0.2, -0.15) is 24.5 Å². The molecule has 26 heavy (non-hydrogen) atoms. The second kappa shape index (κ2) is 7.11. The molecule has 0 aliphatic rings. The Bertz CT molecular complexity index is 883. The molecule has 0 radical (unpaired) electrons. The molecule has 0 bridgehead atoms. The SMILES string of the molecule is CCC(C)C(NC(=O)c1cscc1C(F)(F)F)c1nc2ccccc2[nH]1. The summed E-state index contributed by atoms with van der Waals surface area (Å²) in [6.07, 6.45) is -3.82. The normalized spacial score (nSPS) is 14.3. The highest BCUT2D eigenvalue weighted by Crippen LogP contribution is 2.35. The summed E-state index contributed by atoms with van der Waals surface area (Å²) < 4.78 is 39.2. The maximum Gasteiger partial charge on any atom is 0.417 e. The molecule has 4 nitrogen and oxygen atoms in total. The molecule has 2 unspecified atom stereocenters. The van der Waals surface area contributed by atoms with Crippen molar-refractivity contribution in [2.75, 3.05) is 0 Å². The van der Waals surface area contributed by atoms with Gasteiger partial charge in [0.2, 0.25) is 0 Å². The number of H-pyrrole nitrogens is 1. The number of carbonyl (C=O) groups is 1. The van der Waals surface area contributed by atoms with Gasteiger partial charge in [0.15, 0.2) is 0 Å². The zero-order chi connectivity index (χ0) is 18.9. The van der Waals surface area contributed by atoms with Crippen molar-refractivity contribution >= 4 is 28.3 Å². The number of rotatable bonds is 5. The Labute approximate surface area is 152 Å². The minimum absolute atomic E-state index is 0.00696. The molecule has 0 fully saturated rings. The van der Waals surface area contributed by atoms with Crippen LogP contribution in [0.5, 0.6) is 0 Å². The Morgan fingerprint density at radius 2 is 2.04 bits per heavy atom. The van der Waals surface area contributed by atoms with Crippen LogP contribution < -0.4 is 5.32 Å². The van der Waals surface area contributed by atoms with Crippen LogP contribution in [0.15, 0.2) is 35.0 Å². The highest BCUT2D eigenvalue weighted by molar-refractivity contribution is 7.08. The summed E-state index contributed by atoms with van der Waals surface area (Å²) in [7, 11) is 0. The molecule has 0 spiro atoms. The van der Waals surface area contributed by atoms with E-state index in [9.17, 15) is 18.0 Å². The van der Waals surface area contributed by atoms with Crippen LogP contribution in [-0.4, -0.2) is 15.9 Å². The molecule has 0 aliphatic carbocycles. The van der Waals surface area contributed by atoms with Crippen LogP contribution in [0, 0.1) is 5.92 Å². The Balaban J connectivity index is 1.92. The minimum atomic E-state index is -4.56. The van der Waals surface area contributed by atoms with Crippen LogP contribution in [0.4, 0.5) is 13.2 Å². The maximum absolute atomic E-state index is 13.1. The summed E-state index contributed by atoms with van der Waals surface area (Å²) in [4.78, 5) is 20.2. The first-order valence-corrected chi connectivity index (χ1v) is 9.14. The summed E-state index contributed by atoms with van der Waals surface area (Å²) in [5.74, 6) is -0.213. The molecule has 2 heterocycles. The highest BCUT2D eigenvalue weighted by Gasteiger charge is 2.37. The monoisotopic (exact) mass is 381 g/mol. The van der Waals surface area contributed by atoms with E-state index in [-0.39, 0.29) is 11.5 Å². The van der Waals surface area contributed by atoms with Crippen molar-refractivity contribution in [1.29, 1.82) is 0 Å². The lowest BCUT2D eigenvalue weighted by Crippen LogP contribution is -2.34. The second-order valence-corrected chi connectivity index (χ2v) is 6.92. The zero-order valence-corrected chi connectivity index (χ0v) is 15.0. The first-order valence-electron chi connectivity index (χ1n) is 8.20. The van der Waals surface area contributed by atoms with Crippen molar-refractivity contribution in [3.63, 3.8) is 0 Å². The lowest BCUT2D eigenvalue weighted by molar-refractivity contribution is -0.137. The molecule has 0 saturated carbocycles. The average molecular weight is 381 g/mol. The molecule has 0 aliphatic heterocycles. The number of benzene rings is 1. The van der Waals surface area contributed by atoms with E-state index < -0.39 is 23.7 Å². The minimum Gasteiger partial charge on any atom is -0.342 e. The smallest absolute Gasteiger partial charge is 0.342 e. The Kier molecular flexibility index (Phi) is 5.04. The van der Waals surface area contributed by atoms with E-state index in [2.05, 4.69) is 15.3 Å². The standard InChI is InChI=1S/C18H18F3N3OS/c1-3-10(2)15(16-22-13-6-4-5-7-14(13)23-16)24-17(25)11-8-26-9-12(11)18(19,20)21/h4-10,15H,3H2,1-2H3,(H,22,23)(H,24,25). The zero-order valence-electron chi connectivity index (χ0n) is 14.2. The van der Waals surface area contributed by atoms with Crippen molar-refractivity contribution in [2.45, 2.75) is 32.5 Å². The number of halogens is 3. The molecule has 8 heteroatoms. The number of aromatic amines is 1. The van der Waals surface area contributed by atoms with Crippen molar-refractivity contribution in [2.24, 2.45) is 5.92 Å². The summed E-state index contributed by atoms with van der Waals surface area (Å²) in [5, 5.41) is 4.91. The van der Waals surface area contributed by atoms with E-state index in [1.54, 1.807) is 0 Å². The van der Waals surface area contributed by atoms with Gasteiger partial charge in [0.25, 0.3) is 5.91 Å². The van der Waals surface area contributed by atoms with Crippen LogP contribution in [-0.2, 0) is 6.18 Å². The fourth-order valence-electron chi connectivity index (χ4n) is 2.75. The predicted octanol–water partition coefficient (Wildman–Crippen LogP) is 5.16. The molecule has 3 aromatic rings. The molecule has 2 atom stereocenters. The maximum atomic E-state index is 13.1. The first-order chi connectivity index (χ1) is 12.3. The number of aromatic nitrogens is 2. The number of nitrogens with one attached hydrogen (secondary N) is 2. The number of imidazole rings is 1. The third kappa shape index (κ3) is 3.60. The summed E-state index contributed by atoms with van der Waals surface area (Å²) in [6, 6.07) is 6.90. The summed E-state index contributed by atoms with van der Waals surface area (Å²) >= 11 is 0.858. The van der Waals surface area contributed by atoms with Crippen molar-refractivity contribution in [3.05, 3.63) is 52.0 Å². The Hall–Kier alpha value is -2.35. The number of nitrogens with zero attached hydrogens (tertiary/aromatic N) is 1. The molecule has 0 saturated heterocycles. The van der Waals surface area contributed by atoms with Crippen LogP contribution >= 0.6 is 11.3 Å². The van der Waals surface area contributed by atoms with Gasteiger partial charge in [0.1, 0.15) is 5.82 Å². The van der Waals surface area contributed by atoms with E-state index in [4.69, 9.17) is 0 Å². The second-order valence-electron chi connectivity index (χ2n) is 6.17. The van der Waals surface area contributed by atoms with Gasteiger partial charge in [0.05, 0.1) is 28.2 Å². The number of para-hydroxylation sites is 2. The van der Waals surface area contributed by atoms with Gasteiger partial charge in [0, 0.05) is 10.8 Å². The number of alkyl halides is 3. The molecule has 1 amide bonds. The molecule has 138 valence electrons. The summed E-state index contributed by atoms with van der Waals surface area (Å²) in [6.45, 7) is 3.88. The largest absolute Gasteiger partial charge is 0.417 e. The molecular formula is C18H18F3N3OS. The molecular weight excluding hydrogens is 363 g/mol. The number of carbonyl (C=O) groups excluding carboxylic acids is 1. The van der Waals surface area contributed by atoms with Crippen LogP contribution in [0.3, 0.4) is 0 Å². The van der Waals surface area contributed by atoms with Gasteiger partial charge in [-0.1, -0.05) is 32.4 Å². The van der Waals surface area contributed by atoms with Crippen LogP contribution in [0.25, 0.3) is 11.0 Å². The van der Waals surface area contributed by atoms with E-state index in [0.29, 0.717) is 5.82 Å². The molecule has 2 aromatic heterocycles. The first kappa shape index (κ1) is 18.4. The Morgan fingerprint density at radius 1 is 1.31 bits per heavy atom. The van der Waals surface area contributed by atoms with Gasteiger partial charge >= 0.3 is 6.18 Å². The van der Waals surface area contributed by atoms with Gasteiger partial charge in [-0.25, -0.2) is 4.98 Å². The van der Waals surface area contributed by atoms with Crippen molar-refractivity contribution in [1.82, 2.24) is 15.3 Å². The number of amides is 1. The van der Waals surface area contributed by atoms with Gasteiger partial charge in [-0.3, -0.25) is 4.79 Å². The fourth-order valence-corrected chi connectivity index (χ4v) is 3.58. The number of hydrogen-bond donors (Lipinski definition) is 2. The number of thiophene rings is 1. The highest BCUT2D eigenvalue weighted by atomic mass is 32.1. The summed E-state index contributed by atoms with van der Waals surface area (Å²) in [5.41, 5.74) is 0.299. The van der Waals surface area contributed by atoms with E-state index in [1.807, 2.05) is 38.1 Å². The van der Waals surface area contributed by atoms with Crippen LogP contribution in [0.2, 0.25) is 0 Å². The number of fused-ring (bicyclic) bond motifs is 1. The van der Waals surface area contributed by atoms with Gasteiger partial charge in [-0.15, -0.1) is 0 Å².